The number of hydrogen-bond acceptors (Lipinski definition) is 4. The second kappa shape index (κ2) is 7.49. The number of aliphatic carboxylic acids is 1. The number of carboxylic acid groups (broad SMARTS) is 1. The predicted octanol–water partition coefficient (Wildman–Crippen LogP) is 1.30. The zero-order valence-electron chi connectivity index (χ0n) is 8.99. The molecule has 0 aromatic carbocycles. The molecule has 0 aliphatic carbocycles. The van der Waals surface area contributed by atoms with Gasteiger partial charge < -0.3 is 9.84 Å². The molecular formula is C10H14O5. The fraction of sp³-hybridized carbons (Fsp3) is 0.300. The Morgan fingerprint density at radius 2 is 1.13 bits per heavy atom. The highest BCUT2D eigenvalue weighted by Crippen LogP contribution is 1.97. The number of rotatable bonds is 2. The van der Waals surface area contributed by atoms with Gasteiger partial charge in [0.1, 0.15) is 0 Å². The summed E-state index contributed by atoms with van der Waals surface area (Å²) in [6.45, 7) is 10.6. The van der Waals surface area contributed by atoms with Crippen molar-refractivity contribution < 1.29 is 24.2 Å². The smallest absolute Gasteiger partial charge is 0.340 e. The summed E-state index contributed by atoms with van der Waals surface area (Å²) in [7, 11) is 0. The fourth-order valence-electron chi connectivity index (χ4n) is 0.258. The van der Waals surface area contributed by atoms with Crippen molar-refractivity contribution in [2.75, 3.05) is 0 Å². The van der Waals surface area contributed by atoms with E-state index in [1.54, 1.807) is 0 Å². The van der Waals surface area contributed by atoms with Crippen molar-refractivity contribution >= 4 is 17.9 Å². The van der Waals surface area contributed by atoms with E-state index in [0.717, 1.165) is 6.92 Å². The van der Waals surface area contributed by atoms with Crippen LogP contribution in [-0.2, 0) is 19.1 Å². The third kappa shape index (κ3) is 12.1. The Labute approximate surface area is 88.0 Å². The summed E-state index contributed by atoms with van der Waals surface area (Å²) < 4.78 is 4.30. The van der Waals surface area contributed by atoms with Gasteiger partial charge in [-0.1, -0.05) is 13.2 Å². The number of carbonyl (C=O) groups excluding carboxylic acids is 2. The first-order valence-corrected chi connectivity index (χ1v) is 3.95. The van der Waals surface area contributed by atoms with E-state index in [0.29, 0.717) is 0 Å². The lowest BCUT2D eigenvalue weighted by Crippen LogP contribution is -2.12. The summed E-state index contributed by atoms with van der Waals surface area (Å²) in [5, 5.41) is 7.42. The van der Waals surface area contributed by atoms with E-state index in [-0.39, 0.29) is 11.1 Å². The van der Waals surface area contributed by atoms with Gasteiger partial charge in [-0.05, 0) is 13.8 Å². The molecule has 0 aromatic rings. The number of hydrogen-bond donors (Lipinski definition) is 1. The van der Waals surface area contributed by atoms with E-state index in [1.807, 2.05) is 0 Å². The average Bonchev–Trinajstić information content (AvgIpc) is 2.02. The standard InChI is InChI=1S/C8H10O3.C2H4O2/c1-5(2)7(9)11-8(10)6(3)4;1-2(3)4/h1,3H2,2,4H3;1H3,(H,3,4). The Bertz CT molecular complexity index is 273. The second-order valence-electron chi connectivity index (χ2n) is 2.76. The molecule has 0 saturated carbocycles. The minimum absolute atomic E-state index is 0.194. The normalized spacial score (nSPS) is 7.93. The molecule has 0 radical (unpaired) electrons. The molecule has 0 aliphatic heterocycles. The fourth-order valence-corrected chi connectivity index (χ4v) is 0.258. The van der Waals surface area contributed by atoms with E-state index >= 15 is 0 Å². The molecule has 0 saturated heterocycles. The van der Waals surface area contributed by atoms with Crippen LogP contribution in [0.25, 0.3) is 0 Å². The highest BCUT2D eigenvalue weighted by molar-refractivity contribution is 6.00. The third-order valence-electron chi connectivity index (χ3n) is 0.882. The lowest BCUT2D eigenvalue weighted by Gasteiger charge is -1.99. The summed E-state index contributed by atoms with van der Waals surface area (Å²) >= 11 is 0. The van der Waals surface area contributed by atoms with Crippen molar-refractivity contribution in [3.8, 4) is 0 Å². The van der Waals surface area contributed by atoms with Gasteiger partial charge in [-0.2, -0.15) is 0 Å². The van der Waals surface area contributed by atoms with Gasteiger partial charge in [-0.25, -0.2) is 9.59 Å². The maximum absolute atomic E-state index is 10.7. The van der Waals surface area contributed by atoms with Crippen LogP contribution < -0.4 is 0 Å². The largest absolute Gasteiger partial charge is 0.481 e. The maximum atomic E-state index is 10.7. The zero-order chi connectivity index (χ0) is 12.6. The van der Waals surface area contributed by atoms with Gasteiger partial charge in [0.05, 0.1) is 0 Å². The molecule has 0 rings (SSSR count). The van der Waals surface area contributed by atoms with Crippen LogP contribution in [0.1, 0.15) is 20.8 Å². The van der Waals surface area contributed by atoms with Gasteiger partial charge in [0.2, 0.25) is 0 Å². The zero-order valence-corrected chi connectivity index (χ0v) is 8.99. The van der Waals surface area contributed by atoms with Crippen molar-refractivity contribution in [3.63, 3.8) is 0 Å². The predicted molar refractivity (Wildman–Crippen MR) is 54.0 cm³/mol. The number of ether oxygens (including phenoxy) is 1. The molecular weight excluding hydrogens is 200 g/mol. The van der Waals surface area contributed by atoms with E-state index in [9.17, 15) is 9.59 Å². The van der Waals surface area contributed by atoms with E-state index in [4.69, 9.17) is 9.90 Å². The Morgan fingerprint density at radius 3 is 1.27 bits per heavy atom. The summed E-state index contributed by atoms with van der Waals surface area (Å²) in [5.74, 6) is -2.25. The van der Waals surface area contributed by atoms with E-state index < -0.39 is 17.9 Å². The van der Waals surface area contributed by atoms with Crippen LogP contribution >= 0.6 is 0 Å². The number of carboxylic acids is 1. The van der Waals surface area contributed by atoms with Gasteiger partial charge in [0, 0.05) is 18.1 Å². The third-order valence-corrected chi connectivity index (χ3v) is 0.882. The van der Waals surface area contributed by atoms with Crippen molar-refractivity contribution in [3.05, 3.63) is 24.3 Å². The van der Waals surface area contributed by atoms with Crippen LogP contribution in [-0.4, -0.2) is 23.0 Å². The SMILES string of the molecule is C=C(C)C(=O)OC(=O)C(=C)C.CC(=O)O. The van der Waals surface area contributed by atoms with Crippen molar-refractivity contribution in [1.82, 2.24) is 0 Å². The van der Waals surface area contributed by atoms with Crippen LogP contribution in [0, 0.1) is 0 Å². The van der Waals surface area contributed by atoms with Crippen molar-refractivity contribution in [1.29, 1.82) is 0 Å². The summed E-state index contributed by atoms with van der Waals surface area (Å²) in [5.41, 5.74) is 0.388. The summed E-state index contributed by atoms with van der Waals surface area (Å²) in [6, 6.07) is 0. The topological polar surface area (TPSA) is 80.7 Å². The van der Waals surface area contributed by atoms with Gasteiger partial charge in [0.25, 0.3) is 5.97 Å². The minimum atomic E-state index is -0.833. The van der Waals surface area contributed by atoms with E-state index in [2.05, 4.69) is 17.9 Å². The minimum Gasteiger partial charge on any atom is -0.481 e. The molecule has 0 heterocycles. The Kier molecular flexibility index (Phi) is 7.77. The molecule has 0 amide bonds. The highest BCUT2D eigenvalue weighted by Gasteiger charge is 2.10. The Balaban J connectivity index is 0. The molecule has 0 unspecified atom stereocenters. The van der Waals surface area contributed by atoms with Crippen LogP contribution in [0.4, 0.5) is 0 Å². The van der Waals surface area contributed by atoms with Gasteiger partial charge in [0.15, 0.2) is 0 Å². The second-order valence-corrected chi connectivity index (χ2v) is 2.76. The van der Waals surface area contributed by atoms with Gasteiger partial charge >= 0.3 is 11.9 Å². The van der Waals surface area contributed by atoms with Crippen LogP contribution in [0.3, 0.4) is 0 Å². The molecule has 0 aliphatic rings. The highest BCUT2D eigenvalue weighted by atomic mass is 16.6. The number of carbonyl (C=O) groups is 3. The average molecular weight is 214 g/mol. The maximum Gasteiger partial charge on any atom is 0.340 e. The first-order valence-electron chi connectivity index (χ1n) is 3.95. The van der Waals surface area contributed by atoms with Crippen LogP contribution in [0.15, 0.2) is 24.3 Å². The molecule has 0 spiro atoms. The summed E-state index contributed by atoms with van der Waals surface area (Å²) in [4.78, 5) is 30.3. The quantitative estimate of drug-likeness (QED) is 0.425. The van der Waals surface area contributed by atoms with Gasteiger partial charge in [-0.3, -0.25) is 4.79 Å². The van der Waals surface area contributed by atoms with Crippen LogP contribution in [0.5, 0.6) is 0 Å². The molecule has 0 aromatic heterocycles. The number of esters is 2. The lowest BCUT2D eigenvalue weighted by atomic mass is 10.3. The molecule has 0 fully saturated rings. The molecule has 15 heavy (non-hydrogen) atoms. The Hall–Kier alpha value is -1.91. The van der Waals surface area contributed by atoms with Crippen molar-refractivity contribution in [2.24, 2.45) is 0 Å². The first-order chi connectivity index (χ1) is 6.68. The molecule has 84 valence electrons. The first kappa shape index (κ1) is 15.6. The lowest BCUT2D eigenvalue weighted by molar-refractivity contribution is -0.154. The molecule has 0 atom stereocenters. The van der Waals surface area contributed by atoms with E-state index in [1.165, 1.54) is 13.8 Å². The molecule has 1 N–H and O–H groups in total. The molecule has 5 heteroatoms. The Morgan fingerprint density at radius 1 is 0.933 bits per heavy atom. The molecule has 5 nitrogen and oxygen atoms in total. The van der Waals surface area contributed by atoms with Crippen molar-refractivity contribution in [2.45, 2.75) is 20.8 Å². The molecule has 0 bridgehead atoms. The summed E-state index contributed by atoms with van der Waals surface area (Å²) in [6.07, 6.45) is 0. The van der Waals surface area contributed by atoms with Gasteiger partial charge in [-0.15, -0.1) is 0 Å². The monoisotopic (exact) mass is 214 g/mol. The van der Waals surface area contributed by atoms with Crippen LogP contribution in [0.2, 0.25) is 0 Å².